The first-order chi connectivity index (χ1) is 16.0. The number of hydrogen-bond acceptors (Lipinski definition) is 5. The molecule has 0 unspecified atom stereocenters. The molecule has 2 atom stereocenters. The second-order valence-corrected chi connectivity index (χ2v) is 9.69. The smallest absolute Gasteiger partial charge is 0.241 e. The van der Waals surface area contributed by atoms with Crippen LogP contribution in [0.3, 0.4) is 0 Å². The summed E-state index contributed by atoms with van der Waals surface area (Å²) in [5.74, 6) is 0.470. The van der Waals surface area contributed by atoms with Crippen LogP contribution in [0.25, 0.3) is 22.0 Å². The molecule has 9 heteroatoms. The molecule has 0 bridgehead atoms. The van der Waals surface area contributed by atoms with E-state index in [-0.39, 0.29) is 23.1 Å². The summed E-state index contributed by atoms with van der Waals surface area (Å²) in [6.45, 7) is 2.44. The topological polar surface area (TPSA) is 116 Å². The Hall–Kier alpha value is -3.10. The number of para-hydroxylation sites is 1. The normalized spacial score (nSPS) is 24.5. The molecule has 1 spiro atoms. The van der Waals surface area contributed by atoms with E-state index >= 15 is 0 Å². The van der Waals surface area contributed by atoms with Gasteiger partial charge in [-0.2, -0.15) is 0 Å². The highest BCUT2D eigenvalue weighted by atomic mass is 35.5. The second kappa shape index (κ2) is 7.46. The van der Waals surface area contributed by atoms with Gasteiger partial charge in [0.1, 0.15) is 5.82 Å². The number of nitrogens with zero attached hydrogens (tertiary/aromatic N) is 2. The summed E-state index contributed by atoms with van der Waals surface area (Å²) in [4.78, 5) is 34.2. The fraction of sp³-hybridized carbons (Fsp3) is 0.375. The number of benzene rings is 1. The van der Waals surface area contributed by atoms with Crippen molar-refractivity contribution in [2.45, 2.75) is 24.7 Å². The summed E-state index contributed by atoms with van der Waals surface area (Å²) >= 11 is 7.07. The molecule has 33 heavy (non-hydrogen) atoms. The van der Waals surface area contributed by atoms with Crippen LogP contribution in [0.4, 0.5) is 11.5 Å². The number of hydrogen-bond donors (Lipinski definition) is 4. The van der Waals surface area contributed by atoms with Crippen molar-refractivity contribution in [1.29, 1.82) is 0 Å². The molecule has 2 aliphatic heterocycles. The number of aromatic nitrogens is 2. The Labute approximate surface area is 195 Å². The first kappa shape index (κ1) is 20.5. The summed E-state index contributed by atoms with van der Waals surface area (Å²) in [6, 6.07) is 5.97. The number of H-pyrrole nitrogens is 1. The van der Waals surface area contributed by atoms with Crippen LogP contribution in [-0.2, 0) is 15.0 Å². The van der Waals surface area contributed by atoms with E-state index in [0.29, 0.717) is 31.1 Å². The second-order valence-electron chi connectivity index (χ2n) is 9.31. The highest BCUT2D eigenvalue weighted by Gasteiger charge is 2.48. The zero-order valence-electron chi connectivity index (χ0n) is 18.1. The van der Waals surface area contributed by atoms with Crippen molar-refractivity contribution >= 4 is 45.8 Å². The van der Waals surface area contributed by atoms with E-state index in [1.807, 2.05) is 29.3 Å². The van der Waals surface area contributed by atoms with Crippen molar-refractivity contribution in [3.05, 3.63) is 41.2 Å². The quantitative estimate of drug-likeness (QED) is 0.475. The molecule has 1 aliphatic carbocycles. The molecule has 8 nitrogen and oxygen atoms in total. The SMILES string of the molecule is NC(=O)[C@@H]1CC[C@]2(CNc3ncc(-c4c[nH]c5c(N6CCNCC6=O)cccc45)c(Cl)c32)C1. The predicted molar refractivity (Wildman–Crippen MR) is 128 cm³/mol. The van der Waals surface area contributed by atoms with E-state index in [1.165, 1.54) is 0 Å². The maximum atomic E-state index is 12.5. The van der Waals surface area contributed by atoms with E-state index in [9.17, 15) is 9.59 Å². The molecule has 3 aromatic rings. The predicted octanol–water partition coefficient (Wildman–Crippen LogP) is 2.77. The maximum absolute atomic E-state index is 12.5. The van der Waals surface area contributed by atoms with Crippen molar-refractivity contribution < 1.29 is 9.59 Å². The Kier molecular flexibility index (Phi) is 4.64. The van der Waals surface area contributed by atoms with Gasteiger partial charge in [0.05, 0.1) is 22.8 Å². The van der Waals surface area contributed by atoms with Crippen molar-refractivity contribution in [2.75, 3.05) is 36.4 Å². The lowest BCUT2D eigenvalue weighted by Gasteiger charge is -2.27. The fourth-order valence-corrected chi connectivity index (χ4v) is 6.28. The van der Waals surface area contributed by atoms with Crippen LogP contribution in [0.1, 0.15) is 24.8 Å². The van der Waals surface area contributed by atoms with Crippen LogP contribution in [0, 0.1) is 5.92 Å². The molecule has 170 valence electrons. The summed E-state index contributed by atoms with van der Waals surface area (Å²) in [5, 5.41) is 8.17. The number of carbonyl (C=O) groups is 2. The summed E-state index contributed by atoms with van der Waals surface area (Å²) in [5.41, 5.74) is 9.95. The summed E-state index contributed by atoms with van der Waals surface area (Å²) < 4.78 is 0. The maximum Gasteiger partial charge on any atom is 0.241 e. The standard InChI is InChI=1S/C24H25ClN6O2/c25-20-16(10-29-23-19(20)24(12-30-23)5-4-13(8-24)22(26)33)15-9-28-21-14(15)2-1-3-17(21)31-7-6-27-11-18(31)32/h1-3,9-10,13,27-28H,4-8,11-12H2,(H2,26,33)(H,29,30)/t13-,24-/m1/s1. The largest absolute Gasteiger partial charge is 0.369 e. The van der Waals surface area contributed by atoms with Gasteiger partial charge in [-0.15, -0.1) is 0 Å². The minimum atomic E-state index is -0.243. The molecule has 1 saturated carbocycles. The average Bonchev–Trinajstić information content (AvgIpc) is 3.53. The van der Waals surface area contributed by atoms with Crippen LogP contribution in [0.15, 0.2) is 30.6 Å². The van der Waals surface area contributed by atoms with Crippen LogP contribution in [0.2, 0.25) is 5.02 Å². The van der Waals surface area contributed by atoms with Crippen molar-refractivity contribution in [3.63, 3.8) is 0 Å². The third-order valence-electron chi connectivity index (χ3n) is 7.51. The van der Waals surface area contributed by atoms with Crippen LogP contribution < -0.4 is 21.3 Å². The Morgan fingerprint density at radius 2 is 2.18 bits per heavy atom. The Morgan fingerprint density at radius 3 is 2.97 bits per heavy atom. The number of carbonyl (C=O) groups excluding carboxylic acids is 2. The zero-order valence-corrected chi connectivity index (χ0v) is 18.8. The number of rotatable bonds is 3. The molecule has 0 radical (unpaired) electrons. The molecule has 6 rings (SSSR count). The monoisotopic (exact) mass is 464 g/mol. The third-order valence-corrected chi connectivity index (χ3v) is 7.91. The van der Waals surface area contributed by atoms with E-state index in [2.05, 4.69) is 15.6 Å². The van der Waals surface area contributed by atoms with E-state index in [0.717, 1.165) is 58.5 Å². The van der Waals surface area contributed by atoms with E-state index in [1.54, 1.807) is 6.20 Å². The average molecular weight is 465 g/mol. The number of nitrogens with two attached hydrogens (primary N) is 1. The molecule has 2 amide bonds. The molecule has 1 saturated heterocycles. The number of primary amides is 1. The number of fused-ring (bicyclic) bond motifs is 3. The highest BCUT2D eigenvalue weighted by molar-refractivity contribution is 6.35. The zero-order chi connectivity index (χ0) is 22.7. The molecule has 3 aliphatic rings. The van der Waals surface area contributed by atoms with Gasteiger partial charge in [0.15, 0.2) is 0 Å². The van der Waals surface area contributed by atoms with Gasteiger partial charge < -0.3 is 26.3 Å². The number of piperazine rings is 1. The minimum Gasteiger partial charge on any atom is -0.369 e. The number of aromatic amines is 1. The fourth-order valence-electron chi connectivity index (χ4n) is 5.84. The number of anilines is 2. The van der Waals surface area contributed by atoms with Gasteiger partial charge in [0.2, 0.25) is 11.8 Å². The first-order valence-electron chi connectivity index (χ1n) is 11.3. The minimum absolute atomic E-state index is 0.0559. The van der Waals surface area contributed by atoms with Crippen LogP contribution in [-0.4, -0.2) is 48.0 Å². The number of amides is 2. The van der Waals surface area contributed by atoms with Gasteiger partial charge >= 0.3 is 0 Å². The van der Waals surface area contributed by atoms with Crippen LogP contribution >= 0.6 is 11.6 Å². The Morgan fingerprint density at radius 1 is 1.30 bits per heavy atom. The van der Waals surface area contributed by atoms with Crippen molar-refractivity contribution in [2.24, 2.45) is 11.7 Å². The number of pyridine rings is 1. The molecule has 4 heterocycles. The van der Waals surface area contributed by atoms with Crippen LogP contribution in [0.5, 0.6) is 0 Å². The molecule has 2 aromatic heterocycles. The highest BCUT2D eigenvalue weighted by Crippen LogP contribution is 2.53. The van der Waals surface area contributed by atoms with Gasteiger partial charge in [0.25, 0.3) is 0 Å². The Balaban J connectivity index is 1.45. The summed E-state index contributed by atoms with van der Waals surface area (Å²) in [6.07, 6.45) is 6.06. The van der Waals surface area contributed by atoms with Gasteiger partial charge in [0, 0.05) is 65.4 Å². The molecule has 5 N–H and O–H groups in total. The number of halogens is 1. The molecule has 2 fully saturated rings. The third kappa shape index (κ3) is 3.04. The van der Waals surface area contributed by atoms with Gasteiger partial charge in [-0.1, -0.05) is 23.7 Å². The number of nitrogens with one attached hydrogen (secondary N) is 3. The van der Waals surface area contributed by atoms with Crippen molar-refractivity contribution in [1.82, 2.24) is 15.3 Å². The van der Waals surface area contributed by atoms with E-state index in [4.69, 9.17) is 22.3 Å². The molecular weight excluding hydrogens is 440 g/mol. The summed E-state index contributed by atoms with van der Waals surface area (Å²) in [7, 11) is 0. The Bertz CT molecular complexity index is 1300. The lowest BCUT2D eigenvalue weighted by Crippen LogP contribution is -2.48. The molecular formula is C24H25ClN6O2. The lowest BCUT2D eigenvalue weighted by atomic mass is 9.80. The van der Waals surface area contributed by atoms with Gasteiger partial charge in [-0.3, -0.25) is 9.59 Å². The molecule has 1 aromatic carbocycles. The lowest BCUT2D eigenvalue weighted by molar-refractivity contribution is -0.121. The first-order valence-corrected chi connectivity index (χ1v) is 11.7. The van der Waals surface area contributed by atoms with Crippen molar-refractivity contribution in [3.8, 4) is 11.1 Å². The van der Waals surface area contributed by atoms with E-state index < -0.39 is 0 Å². The van der Waals surface area contributed by atoms with Gasteiger partial charge in [-0.25, -0.2) is 4.98 Å². The van der Waals surface area contributed by atoms with Gasteiger partial charge in [-0.05, 0) is 25.3 Å².